The molecule has 0 saturated carbocycles. The highest BCUT2D eigenvalue weighted by atomic mass is 35.5. The summed E-state index contributed by atoms with van der Waals surface area (Å²) in [6.45, 7) is -0.375. The summed E-state index contributed by atoms with van der Waals surface area (Å²) in [6.07, 6.45) is -3.88. The third kappa shape index (κ3) is 3.18. The predicted octanol–water partition coefficient (Wildman–Crippen LogP) is 5.88. The second-order valence-electron chi connectivity index (χ2n) is 5.66. The van der Waals surface area contributed by atoms with E-state index in [1.54, 1.807) is 6.07 Å². The molecule has 2 nitrogen and oxygen atoms in total. The van der Waals surface area contributed by atoms with Gasteiger partial charge in [0.2, 0.25) is 5.60 Å². The summed E-state index contributed by atoms with van der Waals surface area (Å²) in [5.74, 6) is -0.750. The highest BCUT2D eigenvalue weighted by molar-refractivity contribution is 6.34. The topological polar surface area (TPSA) is 33.0 Å². The van der Waals surface area contributed by atoms with Crippen molar-refractivity contribution in [3.05, 3.63) is 75.0 Å². The van der Waals surface area contributed by atoms with Crippen molar-refractivity contribution in [2.45, 2.75) is 11.8 Å². The Bertz CT molecular complexity index is 929. The van der Waals surface area contributed by atoms with Gasteiger partial charge in [-0.15, -0.1) is 0 Å². The Morgan fingerprint density at radius 1 is 1.08 bits per heavy atom. The molecule has 0 saturated heterocycles. The number of benzene rings is 2. The molecule has 0 spiro atoms. The fraction of sp³-hybridized carbons (Fsp3) is 0.167. The van der Waals surface area contributed by atoms with E-state index in [2.05, 4.69) is 0 Å². The molecule has 0 N–H and O–H groups in total. The summed E-state index contributed by atoms with van der Waals surface area (Å²) >= 11 is 11.7. The van der Waals surface area contributed by atoms with Crippen molar-refractivity contribution in [1.29, 1.82) is 5.26 Å². The second kappa shape index (κ2) is 6.58. The molecule has 0 bridgehead atoms. The van der Waals surface area contributed by atoms with Crippen LogP contribution in [-0.4, -0.2) is 12.8 Å². The van der Waals surface area contributed by atoms with Crippen molar-refractivity contribution >= 4 is 28.8 Å². The van der Waals surface area contributed by atoms with E-state index in [0.717, 1.165) is 24.3 Å². The average Bonchev–Trinajstić information content (AvgIpc) is 3.01. The molecule has 1 atom stereocenters. The highest BCUT2D eigenvalue weighted by Crippen LogP contribution is 2.49. The molecular formula is C18H9Cl2F4NO. The number of nitrogens with zero attached hydrogens (tertiary/aromatic N) is 1. The zero-order valence-corrected chi connectivity index (χ0v) is 14.4. The van der Waals surface area contributed by atoms with Gasteiger partial charge in [-0.1, -0.05) is 29.3 Å². The number of nitriles is 1. The van der Waals surface area contributed by atoms with Gasteiger partial charge in [-0.25, -0.2) is 4.39 Å². The minimum Gasteiger partial charge on any atom is -0.352 e. The first-order chi connectivity index (χ1) is 12.2. The van der Waals surface area contributed by atoms with Gasteiger partial charge in [-0.3, -0.25) is 0 Å². The molecule has 2 aromatic carbocycles. The largest absolute Gasteiger partial charge is 0.425 e. The molecular weight excluding hydrogens is 393 g/mol. The van der Waals surface area contributed by atoms with Crippen LogP contribution in [0.2, 0.25) is 10.0 Å². The Kier molecular flexibility index (Phi) is 4.74. The molecule has 0 fully saturated rings. The maximum Gasteiger partial charge on any atom is 0.425 e. The van der Waals surface area contributed by atoms with Crippen LogP contribution in [0, 0.1) is 17.1 Å². The van der Waals surface area contributed by atoms with Gasteiger partial charge in [0, 0.05) is 10.0 Å². The van der Waals surface area contributed by atoms with Crippen molar-refractivity contribution in [2.24, 2.45) is 0 Å². The molecule has 0 radical (unpaired) electrons. The Balaban J connectivity index is 2.16. The van der Waals surface area contributed by atoms with Gasteiger partial charge in [0.15, 0.2) is 0 Å². The maximum absolute atomic E-state index is 13.9. The third-order valence-corrected chi connectivity index (χ3v) is 4.44. The first kappa shape index (κ1) is 18.7. The number of alkyl halides is 3. The highest BCUT2D eigenvalue weighted by Gasteiger charge is 2.58. The van der Waals surface area contributed by atoms with Gasteiger partial charge < -0.3 is 4.74 Å². The van der Waals surface area contributed by atoms with E-state index in [4.69, 9.17) is 33.2 Å². The van der Waals surface area contributed by atoms with Crippen LogP contribution in [0.5, 0.6) is 0 Å². The number of hydrogen-bond donors (Lipinski definition) is 0. The molecule has 26 heavy (non-hydrogen) atoms. The molecule has 134 valence electrons. The van der Waals surface area contributed by atoms with Crippen LogP contribution in [0.1, 0.15) is 16.7 Å². The first-order valence-electron chi connectivity index (χ1n) is 7.25. The molecule has 1 aliphatic rings. The van der Waals surface area contributed by atoms with Crippen molar-refractivity contribution in [3.63, 3.8) is 0 Å². The van der Waals surface area contributed by atoms with Crippen molar-refractivity contribution in [1.82, 2.24) is 0 Å². The van der Waals surface area contributed by atoms with Crippen LogP contribution in [0.4, 0.5) is 17.6 Å². The van der Waals surface area contributed by atoms with Crippen LogP contribution in [0.3, 0.4) is 0 Å². The van der Waals surface area contributed by atoms with Crippen LogP contribution in [0.15, 0.2) is 42.5 Å². The summed E-state index contributed by atoms with van der Waals surface area (Å²) in [5, 5.41) is 8.98. The second-order valence-corrected chi connectivity index (χ2v) is 6.53. The van der Waals surface area contributed by atoms with E-state index in [1.165, 1.54) is 18.2 Å². The van der Waals surface area contributed by atoms with E-state index in [0.29, 0.717) is 0 Å². The van der Waals surface area contributed by atoms with Crippen LogP contribution >= 0.6 is 23.2 Å². The van der Waals surface area contributed by atoms with E-state index in [9.17, 15) is 17.6 Å². The molecule has 3 rings (SSSR count). The monoisotopic (exact) mass is 401 g/mol. The Morgan fingerprint density at radius 2 is 1.73 bits per heavy atom. The predicted molar refractivity (Wildman–Crippen MR) is 89.2 cm³/mol. The lowest BCUT2D eigenvalue weighted by Gasteiger charge is -2.30. The summed E-state index contributed by atoms with van der Waals surface area (Å²) in [5.41, 5.74) is -2.83. The summed E-state index contributed by atoms with van der Waals surface area (Å²) in [6, 6.07) is 8.74. The van der Waals surface area contributed by atoms with Gasteiger partial charge >= 0.3 is 6.18 Å². The number of rotatable bonds is 2. The lowest BCUT2D eigenvalue weighted by atomic mass is 9.91. The van der Waals surface area contributed by atoms with Gasteiger partial charge in [-0.05, 0) is 53.1 Å². The molecule has 1 unspecified atom stereocenters. The van der Waals surface area contributed by atoms with Crippen LogP contribution in [-0.2, 0) is 10.3 Å². The first-order valence-corrected chi connectivity index (χ1v) is 8.01. The third-order valence-electron chi connectivity index (χ3n) is 4.00. The maximum atomic E-state index is 13.9. The smallest absolute Gasteiger partial charge is 0.352 e. The lowest BCUT2D eigenvalue weighted by molar-refractivity contribution is -0.254. The zero-order valence-electron chi connectivity index (χ0n) is 12.9. The normalized spacial score (nSPS) is 20.0. The summed E-state index contributed by atoms with van der Waals surface area (Å²) < 4.78 is 60.3. The van der Waals surface area contributed by atoms with E-state index < -0.39 is 17.6 Å². The van der Waals surface area contributed by atoms with Crippen molar-refractivity contribution in [2.75, 3.05) is 6.61 Å². The molecule has 0 aromatic heterocycles. The zero-order chi connectivity index (χ0) is 19.1. The Labute approximate surface area is 156 Å². The minimum absolute atomic E-state index is 0.0372. The Hall–Kier alpha value is -2.07. The van der Waals surface area contributed by atoms with Crippen molar-refractivity contribution in [3.8, 4) is 6.07 Å². The lowest BCUT2D eigenvalue weighted by Crippen LogP contribution is -2.41. The quantitative estimate of drug-likeness (QED) is 0.589. The number of hydrogen-bond acceptors (Lipinski definition) is 2. The van der Waals surface area contributed by atoms with Gasteiger partial charge in [0.25, 0.3) is 0 Å². The molecule has 8 heteroatoms. The molecule has 0 aliphatic carbocycles. The number of halogens is 6. The van der Waals surface area contributed by atoms with Crippen molar-refractivity contribution < 1.29 is 22.3 Å². The average molecular weight is 402 g/mol. The van der Waals surface area contributed by atoms with Gasteiger partial charge in [0.05, 0.1) is 12.2 Å². The van der Waals surface area contributed by atoms with Crippen LogP contribution < -0.4 is 0 Å². The van der Waals surface area contributed by atoms with E-state index in [1.807, 2.05) is 0 Å². The minimum atomic E-state index is -4.79. The Morgan fingerprint density at radius 3 is 2.31 bits per heavy atom. The van der Waals surface area contributed by atoms with Gasteiger partial charge in [-0.2, -0.15) is 18.4 Å². The summed E-state index contributed by atoms with van der Waals surface area (Å²) in [7, 11) is 0. The molecule has 0 amide bonds. The fourth-order valence-corrected chi connectivity index (χ4v) is 3.29. The van der Waals surface area contributed by atoms with E-state index in [-0.39, 0.29) is 38.9 Å². The molecule has 1 aliphatic heterocycles. The standard InChI is InChI=1S/C18H9Cl2F4NO/c19-14-4-13(5-15(20)6-14)17(18(22,23)24)7-12(9-26-17)10-1-2-16(21)11(3-10)8-25/h1-7H,9H2. The number of ether oxygens (including phenoxy) is 1. The SMILES string of the molecule is N#Cc1cc(C2=CC(c3cc(Cl)cc(Cl)c3)(C(F)(F)F)OC2)ccc1F. The molecule has 1 heterocycles. The summed E-state index contributed by atoms with van der Waals surface area (Å²) in [4.78, 5) is 0. The van der Waals surface area contributed by atoms with Crippen LogP contribution in [0.25, 0.3) is 5.57 Å². The molecule has 2 aromatic rings. The fourth-order valence-electron chi connectivity index (χ4n) is 2.76. The van der Waals surface area contributed by atoms with Gasteiger partial charge in [0.1, 0.15) is 11.9 Å². The van der Waals surface area contributed by atoms with E-state index >= 15 is 0 Å².